The van der Waals surface area contributed by atoms with Crippen LogP contribution in [0.5, 0.6) is 0 Å². The molecule has 6 nitrogen and oxygen atoms in total. The van der Waals surface area contributed by atoms with E-state index in [0.717, 1.165) is 46.8 Å². The number of hydrogen-bond acceptors (Lipinski definition) is 5. The molecule has 1 atom stereocenters. The summed E-state index contributed by atoms with van der Waals surface area (Å²) in [5, 5.41) is 3.41. The first-order valence-corrected chi connectivity index (χ1v) is 10.5. The fourth-order valence-corrected chi connectivity index (χ4v) is 4.37. The first-order chi connectivity index (χ1) is 14.6. The molecule has 0 amide bonds. The number of nitrogens with one attached hydrogen (secondary N) is 1. The quantitative estimate of drug-likeness (QED) is 0.533. The van der Waals surface area contributed by atoms with Crippen LogP contribution in [0, 0.1) is 0 Å². The maximum atomic E-state index is 6.23. The van der Waals surface area contributed by atoms with Crippen molar-refractivity contribution in [2.45, 2.75) is 38.6 Å². The highest BCUT2D eigenvalue weighted by atomic mass is 15.1. The number of rotatable bonds is 4. The van der Waals surface area contributed by atoms with Gasteiger partial charge in [-0.1, -0.05) is 19.9 Å². The highest BCUT2D eigenvalue weighted by Crippen LogP contribution is 2.35. The predicted molar refractivity (Wildman–Crippen MR) is 121 cm³/mol. The zero-order chi connectivity index (χ0) is 20.8. The lowest BCUT2D eigenvalue weighted by Gasteiger charge is -2.14. The van der Waals surface area contributed by atoms with Crippen molar-refractivity contribution >= 4 is 17.0 Å². The monoisotopic (exact) mass is 398 g/mol. The average molecular weight is 399 g/mol. The number of aromatic nitrogens is 4. The highest BCUT2D eigenvalue weighted by Gasteiger charge is 2.23. The average Bonchev–Trinajstić information content (AvgIpc) is 3.33. The van der Waals surface area contributed by atoms with Crippen LogP contribution >= 0.6 is 0 Å². The van der Waals surface area contributed by atoms with Gasteiger partial charge in [-0.25, -0.2) is 15.0 Å². The van der Waals surface area contributed by atoms with Crippen LogP contribution in [0.4, 0.5) is 5.82 Å². The lowest BCUT2D eigenvalue weighted by molar-refractivity contribution is 0.590. The summed E-state index contributed by atoms with van der Waals surface area (Å²) in [5.74, 6) is 1.57. The molecule has 1 unspecified atom stereocenters. The fourth-order valence-electron chi connectivity index (χ4n) is 4.37. The second-order valence-corrected chi connectivity index (χ2v) is 8.20. The molecular formula is C24H26N6. The second-order valence-electron chi connectivity index (χ2n) is 8.20. The molecule has 0 saturated carbocycles. The van der Waals surface area contributed by atoms with E-state index in [2.05, 4.69) is 59.0 Å². The molecule has 3 N–H and O–H groups in total. The second kappa shape index (κ2) is 7.22. The molecule has 6 heteroatoms. The third-order valence-corrected chi connectivity index (χ3v) is 6.01. The molecule has 1 aromatic carbocycles. The van der Waals surface area contributed by atoms with Crippen molar-refractivity contribution in [3.8, 4) is 17.1 Å². The van der Waals surface area contributed by atoms with Gasteiger partial charge < -0.3 is 11.1 Å². The predicted octanol–water partition coefficient (Wildman–Crippen LogP) is 4.39. The maximum Gasteiger partial charge on any atom is 0.165 e. The van der Waals surface area contributed by atoms with Gasteiger partial charge in [0.2, 0.25) is 0 Å². The van der Waals surface area contributed by atoms with Gasteiger partial charge in [-0.3, -0.25) is 4.57 Å². The molecule has 0 spiro atoms. The van der Waals surface area contributed by atoms with Crippen LogP contribution in [-0.2, 0) is 6.42 Å². The molecule has 0 bridgehead atoms. The Hall–Kier alpha value is -3.25. The minimum absolute atomic E-state index is 0.334. The smallest absolute Gasteiger partial charge is 0.165 e. The van der Waals surface area contributed by atoms with Crippen LogP contribution in [0.1, 0.15) is 49.0 Å². The topological polar surface area (TPSA) is 81.7 Å². The number of benzene rings is 1. The summed E-state index contributed by atoms with van der Waals surface area (Å²) < 4.78 is 2.13. The Balaban J connectivity index is 1.78. The van der Waals surface area contributed by atoms with Gasteiger partial charge in [0.05, 0.1) is 5.56 Å². The summed E-state index contributed by atoms with van der Waals surface area (Å²) in [4.78, 5) is 14.2. The van der Waals surface area contributed by atoms with Gasteiger partial charge in [0, 0.05) is 23.6 Å². The number of anilines is 1. The Morgan fingerprint density at radius 3 is 2.77 bits per heavy atom. The summed E-state index contributed by atoms with van der Waals surface area (Å²) in [6, 6.07) is 15.1. The van der Waals surface area contributed by atoms with Gasteiger partial charge in [0.1, 0.15) is 11.3 Å². The normalized spacial score (nSPS) is 15.8. The lowest BCUT2D eigenvalue weighted by Crippen LogP contribution is -2.12. The number of imidazole rings is 1. The molecule has 4 aromatic rings. The molecule has 30 heavy (non-hydrogen) atoms. The van der Waals surface area contributed by atoms with E-state index in [1.807, 2.05) is 19.2 Å². The molecule has 1 aliphatic carbocycles. The van der Waals surface area contributed by atoms with E-state index < -0.39 is 0 Å². The molecule has 0 fully saturated rings. The van der Waals surface area contributed by atoms with Gasteiger partial charge in [-0.2, -0.15) is 0 Å². The van der Waals surface area contributed by atoms with Gasteiger partial charge in [0.15, 0.2) is 11.5 Å². The van der Waals surface area contributed by atoms with Crippen molar-refractivity contribution in [2.24, 2.45) is 0 Å². The molecule has 0 radical (unpaired) electrons. The molecule has 5 rings (SSSR count). The number of hydrogen-bond donors (Lipinski definition) is 2. The third kappa shape index (κ3) is 2.95. The largest absolute Gasteiger partial charge is 0.383 e. The van der Waals surface area contributed by atoms with Gasteiger partial charge >= 0.3 is 0 Å². The molecule has 0 saturated heterocycles. The number of nitrogens with two attached hydrogens (primary N) is 1. The Bertz CT molecular complexity index is 1240. The van der Waals surface area contributed by atoms with Crippen LogP contribution in [-0.4, -0.2) is 26.6 Å². The summed E-state index contributed by atoms with van der Waals surface area (Å²) in [7, 11) is 2.03. The SMILES string of the molecule is CNC1CCc2cc(-n3c(-c4cccnc4N)nc4ccc(C(C)C)nc43)ccc21. The Morgan fingerprint density at radius 2 is 2.00 bits per heavy atom. The Kier molecular flexibility index (Phi) is 4.51. The first kappa shape index (κ1) is 18.8. The van der Waals surface area contributed by atoms with Crippen LogP contribution in [0.3, 0.4) is 0 Å². The number of fused-ring (bicyclic) bond motifs is 2. The third-order valence-electron chi connectivity index (χ3n) is 6.01. The van der Waals surface area contributed by atoms with Crippen LogP contribution < -0.4 is 11.1 Å². The number of nitrogens with zero attached hydrogens (tertiary/aromatic N) is 4. The number of pyridine rings is 2. The molecule has 3 aromatic heterocycles. The van der Waals surface area contributed by atoms with E-state index in [9.17, 15) is 0 Å². The fraction of sp³-hybridized carbons (Fsp3) is 0.292. The molecule has 1 aliphatic rings. The molecular weight excluding hydrogens is 372 g/mol. The zero-order valence-electron chi connectivity index (χ0n) is 17.6. The molecule has 3 heterocycles. The number of aryl methyl sites for hydroxylation is 1. The Labute approximate surface area is 176 Å². The molecule has 0 aliphatic heterocycles. The van der Waals surface area contributed by atoms with E-state index in [1.165, 1.54) is 11.1 Å². The first-order valence-electron chi connectivity index (χ1n) is 10.5. The highest BCUT2D eigenvalue weighted by molar-refractivity contribution is 5.83. The lowest BCUT2D eigenvalue weighted by atomic mass is 10.1. The van der Waals surface area contributed by atoms with Crippen molar-refractivity contribution in [3.63, 3.8) is 0 Å². The van der Waals surface area contributed by atoms with Gasteiger partial charge in [-0.05, 0) is 73.3 Å². The van der Waals surface area contributed by atoms with Crippen molar-refractivity contribution < 1.29 is 0 Å². The van der Waals surface area contributed by atoms with Crippen LogP contribution in [0.15, 0.2) is 48.7 Å². The van der Waals surface area contributed by atoms with E-state index in [4.69, 9.17) is 15.7 Å². The summed E-state index contributed by atoms with van der Waals surface area (Å²) >= 11 is 0. The van der Waals surface area contributed by atoms with E-state index >= 15 is 0 Å². The summed E-state index contributed by atoms with van der Waals surface area (Å²) in [6.45, 7) is 4.31. The molecule has 152 valence electrons. The van der Waals surface area contributed by atoms with E-state index in [0.29, 0.717) is 17.8 Å². The standard InChI is InChI=1S/C24H26N6/c1-14(2)19-10-11-21-24(28-19)30(23(29-21)18-5-4-12-27-22(18)25)16-7-8-17-15(13-16)6-9-20(17)26-3/h4-5,7-8,10-14,20,26H,6,9H2,1-3H3,(H2,25,27). The zero-order valence-corrected chi connectivity index (χ0v) is 17.6. The van der Waals surface area contributed by atoms with E-state index in [1.54, 1.807) is 6.20 Å². The summed E-state index contributed by atoms with van der Waals surface area (Å²) in [5.41, 5.74) is 13.6. The van der Waals surface area contributed by atoms with Crippen molar-refractivity contribution in [1.29, 1.82) is 0 Å². The van der Waals surface area contributed by atoms with Crippen molar-refractivity contribution in [3.05, 3.63) is 65.5 Å². The van der Waals surface area contributed by atoms with Crippen molar-refractivity contribution in [2.75, 3.05) is 12.8 Å². The minimum Gasteiger partial charge on any atom is -0.383 e. The maximum absolute atomic E-state index is 6.23. The van der Waals surface area contributed by atoms with Crippen molar-refractivity contribution in [1.82, 2.24) is 24.8 Å². The van der Waals surface area contributed by atoms with Gasteiger partial charge in [0.25, 0.3) is 0 Å². The summed E-state index contributed by atoms with van der Waals surface area (Å²) in [6.07, 6.45) is 3.89. The Morgan fingerprint density at radius 1 is 1.13 bits per heavy atom. The van der Waals surface area contributed by atoms with Gasteiger partial charge in [-0.15, -0.1) is 0 Å². The number of nitrogen functional groups attached to an aromatic ring is 1. The minimum atomic E-state index is 0.334. The van der Waals surface area contributed by atoms with Crippen LogP contribution in [0.25, 0.3) is 28.2 Å². The van der Waals surface area contributed by atoms with Crippen LogP contribution in [0.2, 0.25) is 0 Å². The van der Waals surface area contributed by atoms with E-state index in [-0.39, 0.29) is 0 Å².